The van der Waals surface area contributed by atoms with E-state index in [1.807, 2.05) is 0 Å². The lowest BCUT2D eigenvalue weighted by atomic mass is 10.1. The first-order valence-corrected chi connectivity index (χ1v) is 11.0. The second kappa shape index (κ2) is 15.2. The number of nitro groups is 1. The molecule has 31 heavy (non-hydrogen) atoms. The number of hydrogen-bond acceptors (Lipinski definition) is 7. The van der Waals surface area contributed by atoms with Crippen molar-refractivity contribution in [1.29, 1.82) is 0 Å². The van der Waals surface area contributed by atoms with E-state index in [2.05, 4.69) is 15.3 Å². The number of hydrogen-bond donors (Lipinski definition) is 3. The quantitative estimate of drug-likeness (QED) is 0.0777. The SMILES string of the molecule is CCOC(=O)CCCCCCN1CCN(C(=O)[C@H](CCCN=C(N)N)N[N+](=O)[O-])CC1. The highest BCUT2D eigenvalue weighted by molar-refractivity contribution is 5.81. The number of guanidine groups is 1. The minimum atomic E-state index is -0.893. The molecule has 1 aliphatic heterocycles. The third-order valence-electron chi connectivity index (χ3n) is 5.10. The lowest BCUT2D eigenvalue weighted by Gasteiger charge is -2.36. The lowest BCUT2D eigenvalue weighted by Crippen LogP contribution is -2.55. The van der Waals surface area contributed by atoms with Gasteiger partial charge in [0.2, 0.25) is 0 Å². The molecule has 0 unspecified atom stereocenters. The summed E-state index contributed by atoms with van der Waals surface area (Å²) in [6, 6.07) is -0.893. The predicted molar refractivity (Wildman–Crippen MR) is 117 cm³/mol. The Hall–Kier alpha value is -2.63. The lowest BCUT2D eigenvalue weighted by molar-refractivity contribution is -0.548. The number of nitrogens with two attached hydrogens (primary N) is 2. The van der Waals surface area contributed by atoms with E-state index in [9.17, 15) is 19.7 Å². The molecule has 0 radical (unpaired) electrons. The van der Waals surface area contributed by atoms with Crippen LogP contribution in [0.25, 0.3) is 0 Å². The summed E-state index contributed by atoms with van der Waals surface area (Å²) >= 11 is 0. The van der Waals surface area contributed by atoms with Crippen molar-refractivity contribution >= 4 is 17.8 Å². The zero-order chi connectivity index (χ0) is 23.1. The molecule has 1 rings (SSSR count). The molecule has 1 aliphatic rings. The van der Waals surface area contributed by atoms with Gasteiger partial charge in [0.05, 0.1) is 6.61 Å². The molecule has 0 spiro atoms. The van der Waals surface area contributed by atoms with Gasteiger partial charge in [-0.05, 0) is 39.2 Å². The van der Waals surface area contributed by atoms with Crippen LogP contribution in [0.3, 0.4) is 0 Å². The zero-order valence-electron chi connectivity index (χ0n) is 18.5. The number of nitrogens with zero attached hydrogens (tertiary/aromatic N) is 4. The van der Waals surface area contributed by atoms with Gasteiger partial charge in [0.15, 0.2) is 17.0 Å². The molecule has 0 aromatic carbocycles. The second-order valence-corrected chi connectivity index (χ2v) is 7.52. The third-order valence-corrected chi connectivity index (χ3v) is 5.10. The van der Waals surface area contributed by atoms with Gasteiger partial charge in [-0.15, -0.1) is 5.43 Å². The number of unbranched alkanes of at least 4 members (excludes halogenated alkanes) is 3. The van der Waals surface area contributed by atoms with E-state index in [4.69, 9.17) is 16.2 Å². The van der Waals surface area contributed by atoms with E-state index in [1.54, 1.807) is 11.8 Å². The van der Waals surface area contributed by atoms with Gasteiger partial charge >= 0.3 is 5.97 Å². The first-order chi connectivity index (χ1) is 14.8. The fourth-order valence-electron chi connectivity index (χ4n) is 3.48. The third kappa shape index (κ3) is 12.0. The summed E-state index contributed by atoms with van der Waals surface area (Å²) in [5.74, 6) is -0.440. The molecule has 1 saturated heterocycles. The van der Waals surface area contributed by atoms with Crippen LogP contribution in [-0.2, 0) is 14.3 Å². The average molecular weight is 444 g/mol. The summed E-state index contributed by atoms with van der Waals surface area (Å²) in [4.78, 5) is 42.7. The van der Waals surface area contributed by atoms with Crippen LogP contribution in [0.15, 0.2) is 4.99 Å². The highest BCUT2D eigenvalue weighted by Crippen LogP contribution is 2.10. The summed E-state index contributed by atoms with van der Waals surface area (Å²) in [7, 11) is 0. The Morgan fingerprint density at radius 1 is 1.13 bits per heavy atom. The number of hydrazine groups is 1. The van der Waals surface area contributed by atoms with Gasteiger partial charge < -0.3 is 21.1 Å². The Labute approximate surface area is 183 Å². The van der Waals surface area contributed by atoms with Gasteiger partial charge in [-0.2, -0.15) is 0 Å². The molecular formula is C19H37N7O5. The summed E-state index contributed by atoms with van der Waals surface area (Å²) in [6.07, 6.45) is 5.13. The van der Waals surface area contributed by atoms with E-state index >= 15 is 0 Å². The van der Waals surface area contributed by atoms with Crippen LogP contribution in [0.4, 0.5) is 0 Å². The van der Waals surface area contributed by atoms with Crippen LogP contribution in [0, 0.1) is 10.1 Å². The summed E-state index contributed by atoms with van der Waals surface area (Å²) < 4.78 is 4.91. The molecule has 0 bridgehead atoms. The Morgan fingerprint density at radius 3 is 2.42 bits per heavy atom. The molecule has 1 atom stereocenters. The van der Waals surface area contributed by atoms with E-state index in [-0.39, 0.29) is 24.3 Å². The van der Waals surface area contributed by atoms with Gasteiger partial charge in [-0.1, -0.05) is 12.8 Å². The molecule has 5 N–H and O–H groups in total. The summed E-state index contributed by atoms with van der Waals surface area (Å²) in [5, 5.41) is 10.2. The fourth-order valence-corrected chi connectivity index (χ4v) is 3.48. The average Bonchev–Trinajstić information content (AvgIpc) is 2.72. The van der Waals surface area contributed by atoms with Gasteiger partial charge in [-0.3, -0.25) is 19.5 Å². The van der Waals surface area contributed by atoms with Gasteiger partial charge in [0.25, 0.3) is 5.91 Å². The smallest absolute Gasteiger partial charge is 0.305 e. The number of aliphatic imine (C=N–C) groups is 1. The molecule has 0 aliphatic carbocycles. The minimum Gasteiger partial charge on any atom is -0.466 e. The van der Waals surface area contributed by atoms with Crippen molar-refractivity contribution < 1.29 is 19.4 Å². The number of esters is 1. The van der Waals surface area contributed by atoms with Crippen LogP contribution in [0.2, 0.25) is 0 Å². The van der Waals surface area contributed by atoms with Crippen LogP contribution in [0.1, 0.15) is 51.9 Å². The van der Waals surface area contributed by atoms with Crippen LogP contribution >= 0.6 is 0 Å². The van der Waals surface area contributed by atoms with Gasteiger partial charge in [-0.25, -0.2) is 10.1 Å². The Morgan fingerprint density at radius 2 is 1.81 bits per heavy atom. The molecule has 12 nitrogen and oxygen atoms in total. The number of piperazine rings is 1. The predicted octanol–water partition coefficient (Wildman–Crippen LogP) is -0.152. The Balaban J connectivity index is 2.28. The number of ether oxygens (including phenoxy) is 1. The second-order valence-electron chi connectivity index (χ2n) is 7.52. The normalized spacial score (nSPS) is 15.2. The minimum absolute atomic E-state index is 0.0415. The zero-order valence-corrected chi connectivity index (χ0v) is 18.5. The van der Waals surface area contributed by atoms with Crippen molar-refractivity contribution in [3.63, 3.8) is 0 Å². The molecular weight excluding hydrogens is 406 g/mol. The van der Waals surface area contributed by atoms with Gasteiger partial charge in [0.1, 0.15) is 0 Å². The molecule has 1 heterocycles. The molecule has 1 amide bonds. The highest BCUT2D eigenvalue weighted by Gasteiger charge is 2.29. The van der Waals surface area contributed by atoms with Crippen molar-refractivity contribution in [2.45, 2.75) is 57.9 Å². The standard InChI is InChI=1S/C19H37N7O5/c1-2-31-17(27)9-5-3-4-6-11-24-12-14-25(15-13-24)18(28)16(23-26(29)30)8-7-10-22-19(20)21/h16,23H,2-15H2,1H3,(H4,20,21,22)/t16-/m0/s1. The van der Waals surface area contributed by atoms with Crippen molar-refractivity contribution in [2.24, 2.45) is 16.5 Å². The first-order valence-electron chi connectivity index (χ1n) is 11.0. The maximum atomic E-state index is 12.7. The van der Waals surface area contributed by atoms with Crippen molar-refractivity contribution in [3.8, 4) is 0 Å². The van der Waals surface area contributed by atoms with E-state index in [0.717, 1.165) is 45.3 Å². The highest BCUT2D eigenvalue weighted by atomic mass is 16.7. The van der Waals surface area contributed by atoms with Gasteiger partial charge in [0, 0.05) is 39.1 Å². The van der Waals surface area contributed by atoms with Crippen molar-refractivity contribution in [3.05, 3.63) is 10.1 Å². The Kier molecular flexibility index (Phi) is 13.0. The number of rotatable bonds is 15. The topological polar surface area (TPSA) is 169 Å². The maximum absolute atomic E-state index is 12.7. The Bertz CT molecular complexity index is 590. The molecule has 178 valence electrons. The number of amides is 1. The monoisotopic (exact) mass is 443 g/mol. The largest absolute Gasteiger partial charge is 0.466 e. The molecule has 0 aromatic heterocycles. The van der Waals surface area contributed by atoms with Crippen molar-refractivity contribution in [2.75, 3.05) is 45.9 Å². The summed E-state index contributed by atoms with van der Waals surface area (Å²) in [6.45, 7) is 6.07. The first kappa shape index (κ1) is 26.4. The maximum Gasteiger partial charge on any atom is 0.305 e. The molecule has 0 saturated carbocycles. The van der Waals surface area contributed by atoms with Crippen molar-refractivity contribution in [1.82, 2.24) is 15.2 Å². The van der Waals surface area contributed by atoms with Crippen LogP contribution < -0.4 is 16.9 Å². The molecule has 0 aromatic rings. The fraction of sp³-hybridized carbons (Fsp3) is 0.842. The van der Waals surface area contributed by atoms with E-state index < -0.39 is 11.1 Å². The summed E-state index contributed by atoms with van der Waals surface area (Å²) in [5.41, 5.74) is 12.7. The number of carbonyl (C=O) groups is 2. The van der Waals surface area contributed by atoms with Crippen LogP contribution in [-0.4, -0.2) is 84.6 Å². The molecule has 12 heteroatoms. The number of nitrogens with one attached hydrogen (secondary N) is 1. The molecule has 1 fully saturated rings. The van der Waals surface area contributed by atoms with E-state index in [1.165, 1.54) is 0 Å². The van der Waals surface area contributed by atoms with Crippen LogP contribution in [0.5, 0.6) is 0 Å². The number of carbonyl (C=O) groups excluding carboxylic acids is 2. The van der Waals surface area contributed by atoms with E-state index in [0.29, 0.717) is 39.1 Å².